The molecule has 1 aliphatic carbocycles. The average Bonchev–Trinajstić information content (AvgIpc) is 1.85. The molecule has 2 atom stereocenters. The van der Waals surface area contributed by atoms with Gasteiger partial charge in [0.2, 0.25) is 0 Å². The van der Waals surface area contributed by atoms with Crippen LogP contribution in [0.1, 0.15) is 26.2 Å². The number of hydrogen-bond donors (Lipinski definition) is 1. The summed E-state index contributed by atoms with van der Waals surface area (Å²) in [5.41, 5.74) is 7.15. The maximum Gasteiger partial charge on any atom is 0.0297 e. The van der Waals surface area contributed by atoms with E-state index in [1.165, 1.54) is 5.57 Å². The van der Waals surface area contributed by atoms with Crippen molar-refractivity contribution in [2.45, 2.75) is 32.2 Å². The monoisotopic (exact) mass is 149 g/mol. The van der Waals surface area contributed by atoms with Crippen molar-refractivity contribution in [2.24, 2.45) is 11.7 Å². The Kier molecular flexibility index (Phi) is 2.73. The average molecular weight is 149 g/mol. The van der Waals surface area contributed by atoms with Crippen molar-refractivity contribution in [3.63, 3.8) is 0 Å². The normalized spacial score (nSPS) is 30.8. The molecule has 0 aliphatic heterocycles. The van der Waals surface area contributed by atoms with E-state index in [0.717, 1.165) is 19.3 Å². The highest BCUT2D eigenvalue weighted by Crippen LogP contribution is 2.24. The molecule has 0 bridgehead atoms. The first-order chi connectivity index (χ1) is 5.22. The number of terminal acetylenes is 1. The van der Waals surface area contributed by atoms with Crippen LogP contribution in [-0.2, 0) is 0 Å². The topological polar surface area (TPSA) is 26.0 Å². The predicted octanol–water partition coefficient (Wildman–Crippen LogP) is 1.69. The zero-order valence-electron chi connectivity index (χ0n) is 7.01. The van der Waals surface area contributed by atoms with E-state index >= 15 is 0 Å². The molecule has 2 unspecified atom stereocenters. The lowest BCUT2D eigenvalue weighted by atomic mass is 9.86. The second kappa shape index (κ2) is 3.59. The molecular formula is C10H15N. The third-order valence-electron chi connectivity index (χ3n) is 2.06. The lowest BCUT2D eigenvalue weighted by Crippen LogP contribution is -2.24. The number of rotatable bonds is 1. The molecule has 0 radical (unpaired) electrons. The summed E-state index contributed by atoms with van der Waals surface area (Å²) in [5.74, 6) is 3.36. The smallest absolute Gasteiger partial charge is 0.0297 e. The summed E-state index contributed by atoms with van der Waals surface area (Å²) in [6.07, 6.45) is 10.4. The van der Waals surface area contributed by atoms with Gasteiger partial charge in [0.25, 0.3) is 0 Å². The molecule has 0 saturated carbocycles. The van der Waals surface area contributed by atoms with Gasteiger partial charge in [0.15, 0.2) is 0 Å². The molecule has 1 rings (SSSR count). The van der Waals surface area contributed by atoms with E-state index in [4.69, 9.17) is 12.2 Å². The van der Waals surface area contributed by atoms with Crippen LogP contribution in [0.3, 0.4) is 0 Å². The van der Waals surface area contributed by atoms with Crippen LogP contribution >= 0.6 is 0 Å². The molecule has 0 amide bonds. The molecule has 0 aromatic heterocycles. The van der Waals surface area contributed by atoms with Crippen molar-refractivity contribution in [3.05, 3.63) is 11.6 Å². The van der Waals surface area contributed by atoms with Gasteiger partial charge < -0.3 is 5.73 Å². The Morgan fingerprint density at radius 3 is 3.09 bits per heavy atom. The van der Waals surface area contributed by atoms with Crippen LogP contribution in [0, 0.1) is 18.3 Å². The van der Waals surface area contributed by atoms with Crippen LogP contribution in [0.2, 0.25) is 0 Å². The Hall–Kier alpha value is -0.740. The minimum atomic E-state index is 0.238. The standard InChI is InChI=1S/C10H15N/c1-3-4-9-5-8(2)6-10(11)7-9/h1,7-8,10H,4-6,11H2,2H3. The molecule has 0 spiro atoms. The second-order valence-corrected chi connectivity index (χ2v) is 3.41. The van der Waals surface area contributed by atoms with E-state index in [2.05, 4.69) is 18.9 Å². The predicted molar refractivity (Wildman–Crippen MR) is 47.9 cm³/mol. The van der Waals surface area contributed by atoms with Gasteiger partial charge >= 0.3 is 0 Å². The van der Waals surface area contributed by atoms with Crippen LogP contribution in [0.25, 0.3) is 0 Å². The minimum absolute atomic E-state index is 0.238. The Morgan fingerprint density at radius 2 is 2.55 bits per heavy atom. The van der Waals surface area contributed by atoms with Gasteiger partial charge in [0.05, 0.1) is 0 Å². The molecular weight excluding hydrogens is 134 g/mol. The highest BCUT2D eigenvalue weighted by Gasteiger charge is 2.15. The van der Waals surface area contributed by atoms with Gasteiger partial charge in [-0.15, -0.1) is 12.3 Å². The van der Waals surface area contributed by atoms with Gasteiger partial charge in [-0.2, -0.15) is 0 Å². The number of nitrogens with two attached hydrogens (primary N) is 1. The summed E-state index contributed by atoms with van der Waals surface area (Å²) in [4.78, 5) is 0. The van der Waals surface area contributed by atoms with Crippen LogP contribution in [0.5, 0.6) is 0 Å². The summed E-state index contributed by atoms with van der Waals surface area (Å²) in [6.45, 7) is 2.23. The first-order valence-corrected chi connectivity index (χ1v) is 4.11. The minimum Gasteiger partial charge on any atom is -0.324 e. The molecule has 1 aliphatic rings. The summed E-state index contributed by atoms with van der Waals surface area (Å²) >= 11 is 0. The van der Waals surface area contributed by atoms with E-state index in [0.29, 0.717) is 5.92 Å². The van der Waals surface area contributed by atoms with Crippen molar-refractivity contribution in [3.8, 4) is 12.3 Å². The van der Waals surface area contributed by atoms with Crippen molar-refractivity contribution >= 4 is 0 Å². The maximum atomic E-state index is 5.80. The van der Waals surface area contributed by atoms with Gasteiger partial charge in [-0.1, -0.05) is 18.6 Å². The molecule has 1 heteroatoms. The fourth-order valence-corrected chi connectivity index (χ4v) is 1.70. The van der Waals surface area contributed by atoms with Crippen LogP contribution < -0.4 is 5.73 Å². The fourth-order valence-electron chi connectivity index (χ4n) is 1.70. The summed E-state index contributed by atoms with van der Waals surface area (Å²) in [6, 6.07) is 0.238. The van der Waals surface area contributed by atoms with Crippen molar-refractivity contribution in [1.82, 2.24) is 0 Å². The summed E-state index contributed by atoms with van der Waals surface area (Å²) < 4.78 is 0. The molecule has 0 fully saturated rings. The van der Waals surface area contributed by atoms with E-state index < -0.39 is 0 Å². The third-order valence-corrected chi connectivity index (χ3v) is 2.06. The largest absolute Gasteiger partial charge is 0.324 e. The lowest BCUT2D eigenvalue weighted by molar-refractivity contribution is 0.469. The zero-order valence-corrected chi connectivity index (χ0v) is 7.01. The Morgan fingerprint density at radius 1 is 1.82 bits per heavy atom. The third kappa shape index (κ3) is 2.40. The van der Waals surface area contributed by atoms with E-state index in [9.17, 15) is 0 Å². The molecule has 11 heavy (non-hydrogen) atoms. The van der Waals surface area contributed by atoms with Crippen molar-refractivity contribution in [2.75, 3.05) is 0 Å². The van der Waals surface area contributed by atoms with Gasteiger partial charge in [0.1, 0.15) is 0 Å². The van der Waals surface area contributed by atoms with Crippen molar-refractivity contribution in [1.29, 1.82) is 0 Å². The maximum absolute atomic E-state index is 5.80. The highest BCUT2D eigenvalue weighted by atomic mass is 14.6. The summed E-state index contributed by atoms with van der Waals surface area (Å²) in [7, 11) is 0. The van der Waals surface area contributed by atoms with E-state index in [1.807, 2.05) is 0 Å². The van der Waals surface area contributed by atoms with E-state index in [1.54, 1.807) is 0 Å². The highest BCUT2D eigenvalue weighted by molar-refractivity contribution is 5.16. The van der Waals surface area contributed by atoms with Crippen LogP contribution in [0.15, 0.2) is 11.6 Å². The fraction of sp³-hybridized carbons (Fsp3) is 0.600. The molecule has 2 N–H and O–H groups in total. The SMILES string of the molecule is C#CCC1=CC(N)CC(C)C1. The molecule has 0 aromatic carbocycles. The Labute approximate surface area is 68.7 Å². The lowest BCUT2D eigenvalue weighted by Gasteiger charge is -2.22. The van der Waals surface area contributed by atoms with Gasteiger partial charge in [-0.25, -0.2) is 0 Å². The number of allylic oxidation sites excluding steroid dienone is 1. The first-order valence-electron chi connectivity index (χ1n) is 4.11. The molecule has 0 saturated heterocycles. The van der Waals surface area contributed by atoms with Crippen molar-refractivity contribution < 1.29 is 0 Å². The molecule has 60 valence electrons. The Balaban J connectivity index is 2.58. The van der Waals surface area contributed by atoms with Gasteiger partial charge in [-0.3, -0.25) is 0 Å². The second-order valence-electron chi connectivity index (χ2n) is 3.41. The molecule has 1 nitrogen and oxygen atoms in total. The number of hydrogen-bond acceptors (Lipinski definition) is 1. The quantitative estimate of drug-likeness (QED) is 0.445. The van der Waals surface area contributed by atoms with Gasteiger partial charge in [-0.05, 0) is 18.8 Å². The summed E-state index contributed by atoms with van der Waals surface area (Å²) in [5, 5.41) is 0. The van der Waals surface area contributed by atoms with Gasteiger partial charge in [0, 0.05) is 12.5 Å². The zero-order chi connectivity index (χ0) is 8.27. The van der Waals surface area contributed by atoms with Crippen LogP contribution in [0.4, 0.5) is 0 Å². The molecule has 0 heterocycles. The first kappa shape index (κ1) is 8.36. The van der Waals surface area contributed by atoms with Crippen LogP contribution in [-0.4, -0.2) is 6.04 Å². The molecule has 0 aromatic rings. The Bertz CT molecular complexity index is 197. The van der Waals surface area contributed by atoms with E-state index in [-0.39, 0.29) is 6.04 Å².